The van der Waals surface area contributed by atoms with E-state index in [9.17, 15) is 19.2 Å². The summed E-state index contributed by atoms with van der Waals surface area (Å²) in [6.45, 7) is 0.766. The summed E-state index contributed by atoms with van der Waals surface area (Å²) < 4.78 is 5.84. The summed E-state index contributed by atoms with van der Waals surface area (Å²) >= 11 is 2.57. The molecular weight excluding hydrogens is 500 g/mol. The number of carbonyl (C=O) groups is 4. The van der Waals surface area contributed by atoms with Crippen molar-refractivity contribution >= 4 is 51.3 Å². The molecule has 3 aromatic rings. The van der Waals surface area contributed by atoms with Crippen LogP contribution in [-0.2, 0) is 9.59 Å². The highest BCUT2D eigenvalue weighted by Crippen LogP contribution is 2.38. The van der Waals surface area contributed by atoms with Crippen LogP contribution in [0.2, 0.25) is 0 Å². The van der Waals surface area contributed by atoms with Gasteiger partial charge < -0.3 is 15.4 Å². The van der Waals surface area contributed by atoms with Crippen LogP contribution in [0.25, 0.3) is 0 Å². The van der Waals surface area contributed by atoms with Crippen LogP contribution in [0.4, 0.5) is 5.13 Å². The van der Waals surface area contributed by atoms with Gasteiger partial charge in [0.2, 0.25) is 23.7 Å². The Labute approximate surface area is 215 Å². The molecule has 2 N–H and O–H groups in total. The highest BCUT2D eigenvalue weighted by molar-refractivity contribution is 7.14. The second-order valence-corrected chi connectivity index (χ2v) is 10.4. The predicted molar refractivity (Wildman–Crippen MR) is 135 cm³/mol. The third-order valence-electron chi connectivity index (χ3n) is 6.30. The largest absolute Gasteiger partial charge is 0.475 e. The molecule has 1 aromatic carbocycles. The molecule has 0 aliphatic carbocycles. The molecule has 2 aromatic heterocycles. The van der Waals surface area contributed by atoms with Crippen LogP contribution in [-0.4, -0.2) is 52.5 Å². The van der Waals surface area contributed by atoms with E-state index < -0.39 is 18.1 Å². The molecule has 0 bridgehead atoms. The van der Waals surface area contributed by atoms with E-state index in [0.29, 0.717) is 46.4 Å². The van der Waals surface area contributed by atoms with Gasteiger partial charge in [-0.1, -0.05) is 18.2 Å². The monoisotopic (exact) mass is 524 g/mol. The fraction of sp³-hybridized carbons (Fsp3) is 0.320. The Balaban J connectivity index is 1.31. The fourth-order valence-electron chi connectivity index (χ4n) is 4.52. The highest BCUT2D eigenvalue weighted by atomic mass is 32.1. The van der Waals surface area contributed by atoms with E-state index in [1.54, 1.807) is 41.8 Å². The first-order valence-corrected chi connectivity index (χ1v) is 13.4. The number of aromatic nitrogens is 1. The molecular formula is C25H24N4O5S2. The summed E-state index contributed by atoms with van der Waals surface area (Å²) in [7, 11) is 0. The molecule has 5 rings (SSSR count). The Kier molecular flexibility index (Phi) is 6.84. The number of thiazole rings is 1. The lowest BCUT2D eigenvalue weighted by Crippen LogP contribution is -2.43. The van der Waals surface area contributed by atoms with Gasteiger partial charge in [-0.05, 0) is 42.8 Å². The van der Waals surface area contributed by atoms with E-state index in [1.807, 2.05) is 5.38 Å². The van der Waals surface area contributed by atoms with Crippen LogP contribution in [0.5, 0.6) is 5.75 Å². The normalized spacial score (nSPS) is 18.7. The van der Waals surface area contributed by atoms with Gasteiger partial charge in [-0.25, -0.2) is 4.98 Å². The van der Waals surface area contributed by atoms with Gasteiger partial charge in [-0.15, -0.1) is 22.7 Å². The van der Waals surface area contributed by atoms with Gasteiger partial charge in [-0.2, -0.15) is 0 Å². The summed E-state index contributed by atoms with van der Waals surface area (Å²) in [6.07, 6.45) is 1.04. The summed E-state index contributed by atoms with van der Waals surface area (Å²) in [5.74, 6) is -0.516. The summed E-state index contributed by atoms with van der Waals surface area (Å²) in [4.78, 5) is 58.7. The second-order valence-electron chi connectivity index (χ2n) is 8.60. The molecule has 4 heterocycles. The number of hydrogen-bond donors (Lipinski definition) is 1. The number of carbonyl (C=O) groups excluding carboxylic acids is 4. The Morgan fingerprint density at radius 2 is 2.00 bits per heavy atom. The molecule has 36 heavy (non-hydrogen) atoms. The lowest BCUT2D eigenvalue weighted by Gasteiger charge is -2.23. The molecule has 3 amide bonds. The van der Waals surface area contributed by atoms with Crippen LogP contribution in [0, 0.1) is 0 Å². The number of rotatable bonds is 8. The molecule has 9 nitrogen and oxygen atoms in total. The number of amides is 3. The first-order chi connectivity index (χ1) is 17.4. The molecule has 2 atom stereocenters. The minimum absolute atomic E-state index is 0.151. The number of primary amides is 1. The lowest BCUT2D eigenvalue weighted by atomic mass is 10.1. The maximum absolute atomic E-state index is 13.3. The van der Waals surface area contributed by atoms with Crippen molar-refractivity contribution in [1.82, 2.24) is 9.88 Å². The zero-order chi connectivity index (χ0) is 25.2. The third kappa shape index (κ3) is 4.63. The number of Topliss-reactive ketones (excluding diaryl/α,β-unsaturated/α-hetero) is 1. The molecule has 2 aliphatic heterocycles. The molecule has 1 fully saturated rings. The van der Waals surface area contributed by atoms with Crippen molar-refractivity contribution in [2.24, 2.45) is 5.73 Å². The number of thiophene rings is 1. The van der Waals surface area contributed by atoms with Crippen LogP contribution in [0.1, 0.15) is 57.5 Å². The number of hydrogen-bond acceptors (Lipinski definition) is 8. The van der Waals surface area contributed by atoms with E-state index in [2.05, 4.69) is 4.98 Å². The summed E-state index contributed by atoms with van der Waals surface area (Å²) in [5.41, 5.74) is 6.39. The van der Waals surface area contributed by atoms with Crippen molar-refractivity contribution in [2.45, 2.75) is 37.8 Å². The van der Waals surface area contributed by atoms with Crippen LogP contribution < -0.4 is 15.4 Å². The van der Waals surface area contributed by atoms with E-state index >= 15 is 0 Å². The lowest BCUT2D eigenvalue weighted by molar-refractivity contribution is -0.137. The van der Waals surface area contributed by atoms with Crippen molar-refractivity contribution < 1.29 is 23.9 Å². The van der Waals surface area contributed by atoms with Crippen molar-refractivity contribution in [2.75, 3.05) is 18.0 Å². The minimum Gasteiger partial charge on any atom is -0.475 e. The van der Waals surface area contributed by atoms with Crippen LogP contribution in [0.15, 0.2) is 47.2 Å². The first kappa shape index (κ1) is 24.1. The quantitative estimate of drug-likeness (QED) is 0.482. The first-order valence-electron chi connectivity index (χ1n) is 11.6. The molecule has 2 unspecified atom stereocenters. The van der Waals surface area contributed by atoms with Crippen LogP contribution >= 0.6 is 22.7 Å². The smallest absolute Gasteiger partial charge is 0.270 e. The standard InChI is InChI=1S/C25H24N4O5S2/c26-23(32)17-7-3-11-28(17)20(30)10-4-12-29(24(33)19-9-5-13-35-19)25-27-16(14-36-25)22-21(31)15-6-1-2-8-18(15)34-22/h1-2,5-6,8-9,13-14,17,22H,3-4,7,10-12H2,(H2,26,32). The van der Waals surface area contributed by atoms with Gasteiger partial charge in [0, 0.05) is 24.9 Å². The molecule has 0 spiro atoms. The zero-order valence-corrected chi connectivity index (χ0v) is 20.9. The average Bonchev–Trinajstić information content (AvgIpc) is 3.68. The van der Waals surface area contributed by atoms with Gasteiger partial charge in [0.15, 0.2) is 5.13 Å². The number of ketones is 1. The maximum atomic E-state index is 13.3. The van der Waals surface area contributed by atoms with Crippen LogP contribution in [0.3, 0.4) is 0 Å². The number of para-hydroxylation sites is 1. The number of likely N-dealkylation sites (tertiary alicyclic amines) is 1. The number of anilines is 1. The number of nitrogens with zero attached hydrogens (tertiary/aromatic N) is 3. The number of fused-ring (bicyclic) bond motifs is 1. The summed E-state index contributed by atoms with van der Waals surface area (Å²) in [5, 5.41) is 3.98. The summed E-state index contributed by atoms with van der Waals surface area (Å²) in [6, 6.07) is 10.0. The Morgan fingerprint density at radius 3 is 2.75 bits per heavy atom. The number of nitrogens with two attached hydrogens (primary N) is 1. The SMILES string of the molecule is NC(=O)C1CCCN1C(=O)CCCN(C(=O)c1cccs1)c1nc(C2Oc3ccccc3C2=O)cs1. The third-order valence-corrected chi connectivity index (χ3v) is 8.04. The molecule has 186 valence electrons. The highest BCUT2D eigenvalue weighted by Gasteiger charge is 2.36. The van der Waals surface area contributed by atoms with E-state index in [-0.39, 0.29) is 30.6 Å². The number of benzene rings is 1. The minimum atomic E-state index is -0.853. The Hall–Kier alpha value is -3.57. The maximum Gasteiger partial charge on any atom is 0.270 e. The molecule has 0 saturated carbocycles. The van der Waals surface area contributed by atoms with Crippen molar-refractivity contribution in [3.05, 3.63) is 63.3 Å². The van der Waals surface area contributed by atoms with Gasteiger partial charge in [0.1, 0.15) is 17.5 Å². The van der Waals surface area contributed by atoms with Gasteiger partial charge in [0.25, 0.3) is 5.91 Å². The average molecular weight is 525 g/mol. The molecule has 11 heteroatoms. The fourth-order valence-corrected chi connectivity index (χ4v) is 6.05. The zero-order valence-electron chi connectivity index (χ0n) is 19.3. The Bertz CT molecular complexity index is 1310. The van der Waals surface area contributed by atoms with Crippen molar-refractivity contribution in [1.29, 1.82) is 0 Å². The van der Waals surface area contributed by atoms with E-state index in [0.717, 1.165) is 6.42 Å². The van der Waals surface area contributed by atoms with Gasteiger partial charge >= 0.3 is 0 Å². The predicted octanol–water partition coefficient (Wildman–Crippen LogP) is 3.42. The molecule has 0 radical (unpaired) electrons. The second kappa shape index (κ2) is 10.2. The van der Waals surface area contributed by atoms with E-state index in [1.165, 1.54) is 32.5 Å². The van der Waals surface area contributed by atoms with Crippen molar-refractivity contribution in [3.8, 4) is 5.75 Å². The Morgan fingerprint density at radius 1 is 1.17 bits per heavy atom. The van der Waals surface area contributed by atoms with E-state index in [4.69, 9.17) is 10.5 Å². The van der Waals surface area contributed by atoms with Gasteiger partial charge in [-0.3, -0.25) is 24.1 Å². The number of ether oxygens (including phenoxy) is 1. The van der Waals surface area contributed by atoms with Crippen molar-refractivity contribution in [3.63, 3.8) is 0 Å². The molecule has 1 saturated heterocycles. The molecule has 2 aliphatic rings. The van der Waals surface area contributed by atoms with Gasteiger partial charge in [0.05, 0.1) is 10.4 Å². The topological polar surface area (TPSA) is 123 Å².